The number of nitrogens with one attached hydrogen (secondary N) is 2. The molecule has 3 heterocycles. The number of likely N-dealkylation sites (tertiary alicyclic amines) is 1. The molecule has 1 aliphatic heterocycles. The van der Waals surface area contributed by atoms with E-state index in [0.29, 0.717) is 22.9 Å². The fourth-order valence-corrected chi connectivity index (χ4v) is 5.78. The fraction of sp³-hybridized carbons (Fsp3) is 0.400. The number of anilines is 1. The van der Waals surface area contributed by atoms with Crippen molar-refractivity contribution >= 4 is 46.4 Å². The number of H-pyrrole nitrogens is 1. The Morgan fingerprint density at radius 2 is 2.03 bits per heavy atom. The Bertz CT molecular complexity index is 1150. The van der Waals surface area contributed by atoms with Gasteiger partial charge in [0, 0.05) is 11.9 Å². The fourth-order valence-electron chi connectivity index (χ4n) is 4.83. The number of fused-ring (bicyclic) bond motifs is 5. The van der Waals surface area contributed by atoms with Crippen LogP contribution in [0.15, 0.2) is 30.2 Å². The van der Waals surface area contributed by atoms with Gasteiger partial charge in [0.05, 0.1) is 24.0 Å². The Labute approximate surface area is 186 Å². The van der Waals surface area contributed by atoms with E-state index in [-0.39, 0.29) is 42.0 Å². The maximum Gasteiger partial charge on any atom is 0.246 e. The summed E-state index contributed by atoms with van der Waals surface area (Å²) in [6, 6.07) is 0. The summed E-state index contributed by atoms with van der Waals surface area (Å²) in [5.41, 5.74) is 0.727. The van der Waals surface area contributed by atoms with Gasteiger partial charge in [0.15, 0.2) is 9.90 Å². The summed E-state index contributed by atoms with van der Waals surface area (Å²) < 4.78 is 2.33. The second kappa shape index (κ2) is 7.65. The Morgan fingerprint density at radius 1 is 1.32 bits per heavy atom. The molecule has 0 spiro atoms. The molecule has 4 atom stereocenters. The van der Waals surface area contributed by atoms with Crippen molar-refractivity contribution in [3.63, 3.8) is 0 Å². The van der Waals surface area contributed by atoms with Crippen LogP contribution < -0.4 is 5.32 Å². The van der Waals surface area contributed by atoms with Gasteiger partial charge >= 0.3 is 0 Å². The van der Waals surface area contributed by atoms with E-state index in [0.717, 1.165) is 22.8 Å². The number of thiazole rings is 1. The van der Waals surface area contributed by atoms with Gasteiger partial charge < -0.3 is 5.32 Å². The lowest BCUT2D eigenvalue weighted by Gasteiger charge is -2.16. The third kappa shape index (κ3) is 3.37. The first kappa shape index (κ1) is 20.0. The normalized spacial score (nSPS) is 26.0. The summed E-state index contributed by atoms with van der Waals surface area (Å²) in [6.07, 6.45) is 7.10. The topological polar surface area (TPSA) is 113 Å². The van der Waals surface area contributed by atoms with Crippen LogP contribution in [0.25, 0.3) is 0 Å². The van der Waals surface area contributed by atoms with E-state index >= 15 is 0 Å². The molecule has 2 aromatic rings. The lowest BCUT2D eigenvalue weighted by atomic mass is 9.85. The van der Waals surface area contributed by atoms with Crippen molar-refractivity contribution in [2.24, 2.45) is 23.7 Å². The standard InChI is InChI=1S/C20H20N6O3S2/c1-2-5-25-13(23-24-20(25)30)7-12-9-31-19(21-12)22-14(27)8-26-17(28)15-10-3-4-11(6-10)16(15)18(26)29/h2-4,9-11,15-16H,1,5-8H2,(H,24,30)(H,21,22,27)/t10-,11-,15+,16+/m0/s1. The van der Waals surface area contributed by atoms with Gasteiger partial charge in [-0.25, -0.2) is 4.98 Å². The van der Waals surface area contributed by atoms with Gasteiger partial charge in [-0.3, -0.25) is 28.9 Å². The first-order valence-corrected chi connectivity index (χ1v) is 11.3. The van der Waals surface area contributed by atoms with Crippen molar-refractivity contribution in [2.45, 2.75) is 19.4 Å². The van der Waals surface area contributed by atoms with Crippen molar-refractivity contribution in [2.75, 3.05) is 11.9 Å². The van der Waals surface area contributed by atoms with Gasteiger partial charge in [-0.05, 0) is 30.5 Å². The molecule has 2 bridgehead atoms. The van der Waals surface area contributed by atoms with E-state index in [1.807, 2.05) is 22.1 Å². The van der Waals surface area contributed by atoms with E-state index < -0.39 is 5.91 Å². The molecular formula is C20H20N6O3S2. The zero-order valence-corrected chi connectivity index (χ0v) is 18.1. The van der Waals surface area contributed by atoms with Crippen molar-refractivity contribution in [3.05, 3.63) is 46.5 Å². The molecular weight excluding hydrogens is 436 g/mol. The Morgan fingerprint density at radius 3 is 2.71 bits per heavy atom. The Kier molecular flexibility index (Phi) is 4.94. The van der Waals surface area contributed by atoms with E-state index in [2.05, 4.69) is 27.1 Å². The Balaban J connectivity index is 1.22. The highest BCUT2D eigenvalue weighted by molar-refractivity contribution is 7.71. The third-order valence-corrected chi connectivity index (χ3v) is 7.27. The number of hydrogen-bond acceptors (Lipinski definition) is 7. The second-order valence-corrected chi connectivity index (χ2v) is 9.22. The van der Waals surface area contributed by atoms with Crippen LogP contribution in [0, 0.1) is 28.4 Å². The van der Waals surface area contributed by atoms with Crippen molar-refractivity contribution in [1.29, 1.82) is 0 Å². The highest BCUT2D eigenvalue weighted by Crippen LogP contribution is 2.52. The van der Waals surface area contributed by atoms with Crippen LogP contribution in [0.1, 0.15) is 17.9 Å². The number of allylic oxidation sites excluding steroid dienone is 3. The van der Waals surface area contributed by atoms with Gasteiger partial charge in [0.1, 0.15) is 12.4 Å². The van der Waals surface area contributed by atoms with Gasteiger partial charge in [0.25, 0.3) is 0 Å². The van der Waals surface area contributed by atoms with Crippen LogP contribution in [-0.4, -0.2) is 48.9 Å². The Hall–Kier alpha value is -2.92. The molecule has 0 unspecified atom stereocenters. The highest BCUT2D eigenvalue weighted by atomic mass is 32.1. The molecule has 0 aromatic carbocycles. The number of aromatic amines is 1. The lowest BCUT2D eigenvalue weighted by Crippen LogP contribution is -2.39. The molecule has 2 N–H and O–H groups in total. The van der Waals surface area contributed by atoms with Crippen LogP contribution in [0.2, 0.25) is 0 Å². The van der Waals surface area contributed by atoms with Crippen LogP contribution in [0.4, 0.5) is 5.13 Å². The number of nitrogens with zero attached hydrogens (tertiary/aromatic N) is 4. The number of amides is 3. The van der Waals surface area contributed by atoms with Crippen LogP contribution in [0.5, 0.6) is 0 Å². The zero-order chi connectivity index (χ0) is 21.7. The van der Waals surface area contributed by atoms with Gasteiger partial charge in [-0.2, -0.15) is 5.10 Å². The average Bonchev–Trinajstić information content (AvgIpc) is 3.55. The van der Waals surface area contributed by atoms with E-state index in [1.165, 1.54) is 11.3 Å². The van der Waals surface area contributed by atoms with E-state index in [1.54, 1.807) is 6.08 Å². The van der Waals surface area contributed by atoms with Gasteiger partial charge in [-0.1, -0.05) is 18.2 Å². The largest absolute Gasteiger partial charge is 0.300 e. The minimum atomic E-state index is -0.433. The summed E-state index contributed by atoms with van der Waals surface area (Å²) in [5.74, 6) is -0.517. The molecule has 3 amide bonds. The molecule has 2 aromatic heterocycles. The number of aromatic nitrogens is 4. The minimum Gasteiger partial charge on any atom is -0.300 e. The highest BCUT2D eigenvalue weighted by Gasteiger charge is 2.59. The minimum absolute atomic E-state index is 0.127. The number of hydrogen-bond donors (Lipinski definition) is 2. The molecule has 5 rings (SSSR count). The number of carbonyl (C=O) groups is 3. The van der Waals surface area contributed by atoms with Crippen LogP contribution in [0.3, 0.4) is 0 Å². The molecule has 160 valence electrons. The summed E-state index contributed by atoms with van der Waals surface area (Å²) >= 11 is 6.49. The molecule has 0 radical (unpaired) electrons. The van der Waals surface area contributed by atoms with Crippen molar-refractivity contribution in [1.82, 2.24) is 24.6 Å². The quantitative estimate of drug-likeness (QED) is 0.374. The summed E-state index contributed by atoms with van der Waals surface area (Å²) in [5, 5.41) is 11.9. The lowest BCUT2D eigenvalue weighted by molar-refractivity contribution is -0.143. The maximum absolute atomic E-state index is 12.7. The smallest absolute Gasteiger partial charge is 0.246 e. The summed E-state index contributed by atoms with van der Waals surface area (Å²) in [4.78, 5) is 43.5. The van der Waals surface area contributed by atoms with Crippen LogP contribution >= 0.6 is 23.6 Å². The SMILES string of the molecule is C=CCn1c(Cc2csc(NC(=O)CN3C(=O)[C@H]4[C@H](C3=O)[C@H]3C=C[C@H]4C3)n2)n[nH]c1=S. The van der Waals surface area contributed by atoms with Gasteiger partial charge in [0.2, 0.25) is 17.7 Å². The average molecular weight is 457 g/mol. The second-order valence-electron chi connectivity index (χ2n) is 7.98. The predicted octanol–water partition coefficient (Wildman–Crippen LogP) is 1.92. The van der Waals surface area contributed by atoms with Crippen LogP contribution in [-0.2, 0) is 27.3 Å². The number of rotatable bonds is 7. The van der Waals surface area contributed by atoms with Crippen molar-refractivity contribution < 1.29 is 14.4 Å². The summed E-state index contributed by atoms with van der Waals surface area (Å²) in [7, 11) is 0. The zero-order valence-electron chi connectivity index (χ0n) is 16.5. The first-order valence-electron chi connectivity index (χ1n) is 9.99. The third-order valence-electron chi connectivity index (χ3n) is 6.15. The predicted molar refractivity (Wildman–Crippen MR) is 116 cm³/mol. The molecule has 2 fully saturated rings. The number of carbonyl (C=O) groups excluding carboxylic acids is 3. The van der Waals surface area contributed by atoms with Crippen molar-refractivity contribution in [3.8, 4) is 0 Å². The molecule has 1 saturated carbocycles. The molecule has 9 nitrogen and oxygen atoms in total. The molecule has 2 aliphatic carbocycles. The molecule has 3 aliphatic rings. The van der Waals surface area contributed by atoms with E-state index in [9.17, 15) is 14.4 Å². The first-order chi connectivity index (χ1) is 15.0. The molecule has 31 heavy (non-hydrogen) atoms. The summed E-state index contributed by atoms with van der Waals surface area (Å²) in [6.45, 7) is 3.98. The van der Waals surface area contributed by atoms with Gasteiger partial charge in [-0.15, -0.1) is 17.9 Å². The maximum atomic E-state index is 12.7. The molecule has 11 heteroatoms. The number of imide groups is 1. The monoisotopic (exact) mass is 456 g/mol. The van der Waals surface area contributed by atoms with E-state index in [4.69, 9.17) is 12.2 Å². The molecule has 1 saturated heterocycles.